The van der Waals surface area contributed by atoms with E-state index in [1.165, 1.54) is 21.5 Å². The minimum absolute atomic E-state index is 0. The summed E-state index contributed by atoms with van der Waals surface area (Å²) in [7, 11) is 0. The van der Waals surface area contributed by atoms with Crippen molar-refractivity contribution in [2.75, 3.05) is 0 Å². The predicted octanol–water partition coefficient (Wildman–Crippen LogP) is 10.3. The Hall–Kier alpha value is -4.90. The topological polar surface area (TPSA) is 79.8 Å². The molecule has 0 spiro atoms. The van der Waals surface area contributed by atoms with Gasteiger partial charge in [0.25, 0.3) is 0 Å². The van der Waals surface area contributed by atoms with Gasteiger partial charge >= 0.3 is 58.8 Å². The van der Waals surface area contributed by atoms with E-state index in [-0.39, 0.29) is 46.3 Å². The summed E-state index contributed by atoms with van der Waals surface area (Å²) in [6.07, 6.45) is -15.8. The molecule has 0 atom stereocenters. The van der Waals surface area contributed by atoms with Crippen molar-refractivity contribution in [2.24, 2.45) is 0 Å². The van der Waals surface area contributed by atoms with Crippen molar-refractivity contribution in [1.29, 1.82) is 0 Å². The summed E-state index contributed by atoms with van der Waals surface area (Å²) in [6.45, 7) is 0. The van der Waals surface area contributed by atoms with Gasteiger partial charge in [0, 0.05) is 34.3 Å². The standard InChI is InChI=1S/C24H16N2.2C5HF6N2.2Cu/c1-3-7-21-17(5-1)13-15-25-23(21)19-9-11-20(12-10-19)24-22-8-4-2-6-18(22)14-16-26-24;2*6-4(7,8)2-1-3(13-12-2)5(9,10)11;;/h1-16H;2*1H;;/q;2*-1;2*+1. The average molecular weight is 866 g/mol. The average Bonchev–Trinajstić information content (AvgIpc) is 3.81. The van der Waals surface area contributed by atoms with Gasteiger partial charge in [0.15, 0.2) is 0 Å². The van der Waals surface area contributed by atoms with E-state index in [1.54, 1.807) is 0 Å². The molecule has 0 fully saturated rings. The number of pyridine rings is 2. The molecule has 0 amide bonds. The van der Waals surface area contributed by atoms with Gasteiger partial charge in [-0.15, -0.1) is 0 Å². The molecule has 0 saturated heterocycles. The van der Waals surface area contributed by atoms with Gasteiger partial charge in [-0.3, -0.25) is 9.97 Å². The minimum atomic E-state index is -4.89. The van der Waals surface area contributed by atoms with Crippen molar-refractivity contribution >= 4 is 21.5 Å². The van der Waals surface area contributed by atoms with Crippen molar-refractivity contribution in [3.63, 3.8) is 0 Å². The van der Waals surface area contributed by atoms with Crippen LogP contribution in [0.5, 0.6) is 0 Å². The monoisotopic (exact) mass is 864 g/mol. The van der Waals surface area contributed by atoms with E-state index >= 15 is 0 Å². The molecule has 290 valence electrons. The number of aromatic nitrogens is 6. The van der Waals surface area contributed by atoms with E-state index in [1.807, 2.05) is 24.5 Å². The smallest absolute Gasteiger partial charge is 0.571 e. The predicted molar refractivity (Wildman–Crippen MR) is 163 cm³/mol. The maximum absolute atomic E-state index is 11.7. The molecule has 0 saturated carbocycles. The second kappa shape index (κ2) is 17.1. The van der Waals surface area contributed by atoms with Crippen LogP contribution in [0.2, 0.25) is 0 Å². The van der Waals surface area contributed by atoms with Gasteiger partial charge in [-0.2, -0.15) is 52.7 Å². The third kappa shape index (κ3) is 10.6. The Balaban J connectivity index is 0.000000239. The van der Waals surface area contributed by atoms with Crippen LogP contribution < -0.4 is 10.2 Å². The van der Waals surface area contributed by atoms with E-state index in [9.17, 15) is 52.7 Å². The molecule has 0 N–H and O–H groups in total. The molecule has 0 bridgehead atoms. The van der Waals surface area contributed by atoms with Crippen LogP contribution in [0.15, 0.2) is 109 Å². The molecule has 20 heteroatoms. The fourth-order valence-electron chi connectivity index (χ4n) is 4.63. The Morgan fingerprint density at radius 1 is 0.407 bits per heavy atom. The van der Waals surface area contributed by atoms with Crippen molar-refractivity contribution in [2.45, 2.75) is 24.7 Å². The molecule has 4 aromatic heterocycles. The second-order valence-corrected chi connectivity index (χ2v) is 10.6. The molecular formula is C34H18Cu2F12N6. The summed E-state index contributed by atoms with van der Waals surface area (Å²) in [5.74, 6) is 0. The SMILES string of the molecule is FC(F)(F)c1cc(C(F)(F)F)[n-]n1.FC(F)(F)c1cc(C(F)(F)F)[n-]n1.[Cu+].[Cu+].c1ccc2c(-c3ccc(-c4nccc5ccccc45)cc3)nccc2c1. The van der Waals surface area contributed by atoms with Gasteiger partial charge in [0.1, 0.15) is 11.4 Å². The summed E-state index contributed by atoms with van der Waals surface area (Å²) >= 11 is 0. The van der Waals surface area contributed by atoms with Gasteiger partial charge in [-0.25, -0.2) is 0 Å². The van der Waals surface area contributed by atoms with Gasteiger partial charge in [0.2, 0.25) is 0 Å². The van der Waals surface area contributed by atoms with Crippen molar-refractivity contribution in [3.05, 3.63) is 132 Å². The maximum atomic E-state index is 11.7. The van der Waals surface area contributed by atoms with Crippen LogP contribution in [0.25, 0.3) is 44.1 Å². The molecule has 3 aromatic carbocycles. The summed E-state index contributed by atoms with van der Waals surface area (Å²) in [5, 5.41) is 14.2. The zero-order chi connectivity index (χ0) is 37.9. The zero-order valence-electron chi connectivity index (χ0n) is 26.2. The molecule has 0 aliphatic rings. The van der Waals surface area contributed by atoms with Crippen LogP contribution in [0, 0.1) is 0 Å². The van der Waals surface area contributed by atoms with E-state index in [2.05, 4.69) is 103 Å². The van der Waals surface area contributed by atoms with E-state index < -0.39 is 47.5 Å². The molecule has 7 rings (SSSR count). The first-order valence-corrected chi connectivity index (χ1v) is 14.4. The third-order valence-corrected chi connectivity index (χ3v) is 7.02. The number of halogens is 12. The van der Waals surface area contributed by atoms with Crippen LogP contribution in [0.3, 0.4) is 0 Å². The minimum Gasteiger partial charge on any atom is -0.571 e. The Morgan fingerprint density at radius 3 is 1.02 bits per heavy atom. The summed E-state index contributed by atoms with van der Waals surface area (Å²) < 4.78 is 141. The molecule has 7 aromatic rings. The quantitative estimate of drug-likeness (QED) is 0.127. The Bertz CT molecular complexity index is 2050. The van der Waals surface area contributed by atoms with Crippen molar-refractivity contribution in [3.8, 4) is 22.5 Å². The Labute approximate surface area is 317 Å². The molecule has 54 heavy (non-hydrogen) atoms. The molecule has 0 aliphatic heterocycles. The molecule has 4 heterocycles. The van der Waals surface area contributed by atoms with Gasteiger partial charge in [-0.05, 0) is 46.4 Å². The Kier molecular flexibility index (Phi) is 13.7. The normalized spacial score (nSPS) is 11.8. The van der Waals surface area contributed by atoms with Crippen LogP contribution in [-0.4, -0.2) is 20.2 Å². The van der Waals surface area contributed by atoms with E-state index in [0.29, 0.717) is 0 Å². The number of nitrogens with zero attached hydrogens (tertiary/aromatic N) is 6. The first-order valence-electron chi connectivity index (χ1n) is 14.4. The van der Waals surface area contributed by atoms with E-state index in [4.69, 9.17) is 0 Å². The summed E-state index contributed by atoms with van der Waals surface area (Å²) in [6, 6.07) is 29.1. The van der Waals surface area contributed by atoms with Gasteiger partial charge in [-0.1, -0.05) is 72.8 Å². The van der Waals surface area contributed by atoms with Gasteiger partial charge < -0.3 is 20.4 Å². The zero-order valence-corrected chi connectivity index (χ0v) is 28.1. The van der Waals surface area contributed by atoms with Crippen LogP contribution in [-0.2, 0) is 58.8 Å². The summed E-state index contributed by atoms with van der Waals surface area (Å²) in [4.78, 5) is 9.23. The molecule has 0 aliphatic carbocycles. The van der Waals surface area contributed by atoms with Crippen molar-refractivity contribution in [1.82, 2.24) is 30.4 Å². The number of hydrogen-bond donors (Lipinski definition) is 0. The van der Waals surface area contributed by atoms with Gasteiger partial charge in [0.05, 0.1) is 11.4 Å². The fraction of sp³-hybridized carbons (Fsp3) is 0.118. The molecule has 0 unspecified atom stereocenters. The first-order chi connectivity index (χ1) is 24.3. The summed E-state index contributed by atoms with van der Waals surface area (Å²) in [5.41, 5.74) is -2.29. The molecule has 0 radical (unpaired) electrons. The Morgan fingerprint density at radius 2 is 0.741 bits per heavy atom. The maximum Gasteiger partial charge on any atom is 1.00 e. The number of fused-ring (bicyclic) bond motifs is 2. The largest absolute Gasteiger partial charge is 1.00 e. The number of benzene rings is 3. The second-order valence-electron chi connectivity index (χ2n) is 10.6. The van der Waals surface area contributed by atoms with Crippen molar-refractivity contribution < 1.29 is 86.8 Å². The van der Waals surface area contributed by atoms with Crippen LogP contribution in [0.4, 0.5) is 52.7 Å². The number of alkyl halides is 12. The fourth-order valence-corrected chi connectivity index (χ4v) is 4.63. The molecule has 6 nitrogen and oxygen atoms in total. The first kappa shape index (κ1) is 43.5. The van der Waals surface area contributed by atoms with Crippen LogP contribution in [0.1, 0.15) is 22.8 Å². The van der Waals surface area contributed by atoms with E-state index in [0.717, 1.165) is 22.5 Å². The number of hydrogen-bond acceptors (Lipinski definition) is 4. The number of rotatable bonds is 2. The third-order valence-electron chi connectivity index (χ3n) is 7.02. The van der Waals surface area contributed by atoms with Crippen LogP contribution >= 0.6 is 0 Å². The molecular weight excluding hydrogens is 847 g/mol.